The van der Waals surface area contributed by atoms with Crippen LogP contribution in [0.5, 0.6) is 0 Å². The number of nitro benzene ring substituents is 1. The van der Waals surface area contributed by atoms with Gasteiger partial charge in [-0.25, -0.2) is 9.59 Å². The molecule has 0 aliphatic carbocycles. The molecule has 2 aromatic rings. The van der Waals surface area contributed by atoms with Gasteiger partial charge < -0.3 is 14.8 Å². The number of nitro groups is 1. The van der Waals surface area contributed by atoms with Crippen LogP contribution in [0.3, 0.4) is 0 Å². The number of methoxy groups -OCH3 is 1. The zero-order valence-corrected chi connectivity index (χ0v) is 19.8. The van der Waals surface area contributed by atoms with Gasteiger partial charge in [0, 0.05) is 39.3 Å². The van der Waals surface area contributed by atoms with Crippen molar-refractivity contribution in [2.75, 3.05) is 27.2 Å². The molecule has 1 atom stereocenters. The van der Waals surface area contributed by atoms with E-state index in [0.29, 0.717) is 5.70 Å². The number of benzene rings is 2. The Bertz CT molecular complexity index is 1340. The first-order chi connectivity index (χ1) is 18.2. The van der Waals surface area contributed by atoms with Crippen molar-refractivity contribution in [2.24, 2.45) is 0 Å². The van der Waals surface area contributed by atoms with Gasteiger partial charge >= 0.3 is 11.9 Å². The van der Waals surface area contributed by atoms with Crippen molar-refractivity contribution in [1.82, 2.24) is 10.2 Å². The van der Waals surface area contributed by atoms with Crippen molar-refractivity contribution in [3.8, 4) is 0 Å². The lowest BCUT2D eigenvalue weighted by Crippen LogP contribution is -2.33. The number of carbonyl (C=O) groups excluding carboxylic acids is 2. The van der Waals surface area contributed by atoms with Gasteiger partial charge in [-0.15, -0.1) is 0 Å². The molecule has 1 N–H and O–H groups in total. The third kappa shape index (κ3) is 6.13. The normalized spacial score (nSPS) is 18.1. The predicted octanol–water partition coefficient (Wildman–Crippen LogP) is 3.68. The van der Waals surface area contributed by atoms with Gasteiger partial charge in [-0.1, -0.05) is 42.5 Å². The summed E-state index contributed by atoms with van der Waals surface area (Å²) < 4.78 is 43.7. The molecule has 0 fully saturated rings. The lowest BCUT2D eigenvalue weighted by Gasteiger charge is -2.30. The summed E-state index contributed by atoms with van der Waals surface area (Å²) in [6, 6.07) is 14.2. The Balaban J connectivity index is 2.02. The van der Waals surface area contributed by atoms with E-state index in [2.05, 4.69) is 5.32 Å². The number of rotatable bonds is 9. The van der Waals surface area contributed by atoms with E-state index in [4.69, 9.17) is 15.0 Å². The molecule has 1 unspecified atom stereocenters. The van der Waals surface area contributed by atoms with Crippen LogP contribution in [0.2, 0.25) is 0 Å². The molecule has 0 saturated heterocycles. The van der Waals surface area contributed by atoms with Crippen molar-refractivity contribution >= 4 is 17.6 Å². The van der Waals surface area contributed by atoms with Gasteiger partial charge in [-0.2, -0.15) is 0 Å². The molecule has 9 heteroatoms. The van der Waals surface area contributed by atoms with Crippen molar-refractivity contribution < 1.29 is 29.5 Å². The maximum Gasteiger partial charge on any atom is 0.336 e. The summed E-state index contributed by atoms with van der Waals surface area (Å²) in [5.74, 6) is -3.27. The molecule has 0 bridgehead atoms. The van der Waals surface area contributed by atoms with Gasteiger partial charge in [-0.05, 0) is 32.0 Å². The first kappa shape index (κ1) is 20.4. The van der Waals surface area contributed by atoms with Crippen molar-refractivity contribution in [2.45, 2.75) is 26.3 Å². The zero-order chi connectivity index (χ0) is 29.1. The molecule has 9 nitrogen and oxygen atoms in total. The summed E-state index contributed by atoms with van der Waals surface area (Å²) in [4.78, 5) is 38.3. The van der Waals surface area contributed by atoms with E-state index < -0.39 is 35.8 Å². The Morgan fingerprint density at radius 1 is 1.09 bits per heavy atom. The van der Waals surface area contributed by atoms with Crippen LogP contribution in [-0.4, -0.2) is 49.0 Å². The molecule has 1 aliphatic heterocycles. The van der Waals surface area contributed by atoms with E-state index in [1.165, 1.54) is 38.2 Å². The monoisotopic (exact) mass is 483 g/mol. The minimum atomic E-state index is -3.14. The van der Waals surface area contributed by atoms with Gasteiger partial charge in [-0.3, -0.25) is 15.0 Å². The third-order valence-electron chi connectivity index (χ3n) is 5.44. The number of nitrogens with zero attached hydrogens (tertiary/aromatic N) is 2. The number of carbonyl (C=O) groups is 2. The zero-order valence-electron chi connectivity index (χ0n) is 23.8. The van der Waals surface area contributed by atoms with Crippen LogP contribution in [0.4, 0.5) is 5.69 Å². The molecule has 0 radical (unpaired) electrons. The third-order valence-corrected chi connectivity index (χ3v) is 5.44. The molecule has 1 aliphatic rings. The highest BCUT2D eigenvalue weighted by molar-refractivity contribution is 5.99. The number of nitrogens with one attached hydrogen (secondary N) is 1. The smallest absolute Gasteiger partial charge is 0.336 e. The molecule has 0 aromatic heterocycles. The first-order valence-electron chi connectivity index (χ1n) is 12.7. The van der Waals surface area contributed by atoms with E-state index in [0.717, 1.165) is 17.6 Å². The molecule has 35 heavy (non-hydrogen) atoms. The topological polar surface area (TPSA) is 111 Å². The standard InChI is InChI=1S/C26H29N3O6/c1-17-22(25(30)34-4)24(20-11-8-12-21(15-20)29(32)33)23(18(2)27-17)26(31)35-14-13-28(3)16-19-9-6-5-7-10-19/h5-12,15,24,27H,13-14,16H2,1-4H3/i13D2,14D2. The number of allylic oxidation sites excluding steroid dienone is 2. The maximum atomic E-state index is 13.6. The Morgan fingerprint density at radius 2 is 1.74 bits per heavy atom. The van der Waals surface area contributed by atoms with E-state index in [9.17, 15) is 19.7 Å². The van der Waals surface area contributed by atoms with Crippen LogP contribution in [-0.2, 0) is 25.6 Å². The summed E-state index contributed by atoms with van der Waals surface area (Å²) in [6.07, 6.45) is 0. The lowest BCUT2D eigenvalue weighted by molar-refractivity contribution is -0.384. The number of hydrogen-bond donors (Lipinski definition) is 1. The van der Waals surface area contributed by atoms with Crippen LogP contribution in [0, 0.1) is 10.1 Å². The average molecular weight is 484 g/mol. The second-order valence-corrected chi connectivity index (χ2v) is 7.92. The van der Waals surface area contributed by atoms with E-state index >= 15 is 0 Å². The summed E-state index contributed by atoms with van der Waals surface area (Å²) >= 11 is 0. The van der Waals surface area contributed by atoms with E-state index in [-0.39, 0.29) is 34.6 Å². The van der Waals surface area contributed by atoms with Crippen LogP contribution < -0.4 is 5.32 Å². The highest BCUT2D eigenvalue weighted by Gasteiger charge is 2.38. The number of ether oxygens (including phenoxy) is 2. The fourth-order valence-electron chi connectivity index (χ4n) is 3.90. The fourth-order valence-corrected chi connectivity index (χ4v) is 3.90. The van der Waals surface area contributed by atoms with Gasteiger partial charge in [0.15, 0.2) is 0 Å². The molecule has 1 heterocycles. The second-order valence-electron chi connectivity index (χ2n) is 7.92. The quantitative estimate of drug-likeness (QED) is 0.327. The Labute approximate surface area is 209 Å². The van der Waals surface area contributed by atoms with Crippen LogP contribution in [0.25, 0.3) is 0 Å². The molecule has 0 amide bonds. The summed E-state index contributed by atoms with van der Waals surface area (Å²) in [5.41, 5.74) is 0.917. The highest BCUT2D eigenvalue weighted by atomic mass is 16.6. The molecular weight excluding hydrogens is 450 g/mol. The number of esters is 2. The molecule has 0 saturated carbocycles. The minimum Gasteiger partial charge on any atom is -0.466 e. The number of hydrogen-bond acceptors (Lipinski definition) is 8. The average Bonchev–Trinajstić information content (AvgIpc) is 2.87. The SMILES string of the molecule is [2H]C([2H])(OC(=O)C1=C(C)NC(C)=C(C(=O)OC)C1c1cccc([N+](=O)[O-])c1)C([2H])([2H])N(C)Cc1ccccc1. The summed E-state index contributed by atoms with van der Waals surface area (Å²) in [6.45, 7) is -2.81. The molecule has 2 aromatic carbocycles. The summed E-state index contributed by atoms with van der Waals surface area (Å²) in [5, 5.41) is 14.3. The number of dihydropyridines is 1. The molecule has 3 rings (SSSR count). The van der Waals surface area contributed by atoms with E-state index in [1.54, 1.807) is 37.3 Å². The largest absolute Gasteiger partial charge is 0.466 e. The van der Waals surface area contributed by atoms with Gasteiger partial charge in [0.05, 0.1) is 31.8 Å². The van der Waals surface area contributed by atoms with Gasteiger partial charge in [0.2, 0.25) is 0 Å². The minimum absolute atomic E-state index is 0.0267. The van der Waals surface area contributed by atoms with Crippen LogP contribution >= 0.6 is 0 Å². The van der Waals surface area contributed by atoms with Crippen molar-refractivity contribution in [3.05, 3.63) is 98.4 Å². The van der Waals surface area contributed by atoms with Crippen molar-refractivity contribution in [1.29, 1.82) is 0 Å². The van der Waals surface area contributed by atoms with Crippen LogP contribution in [0.1, 0.15) is 36.4 Å². The molecular formula is C26H29N3O6. The summed E-state index contributed by atoms with van der Waals surface area (Å²) in [7, 11) is 2.50. The van der Waals surface area contributed by atoms with Crippen molar-refractivity contribution in [3.63, 3.8) is 0 Å². The number of likely N-dealkylation sites (N-methyl/N-ethyl adjacent to an activating group) is 1. The first-order valence-corrected chi connectivity index (χ1v) is 10.7. The highest BCUT2D eigenvalue weighted by Crippen LogP contribution is 2.40. The Kier molecular flexibility index (Phi) is 6.66. The predicted molar refractivity (Wildman–Crippen MR) is 130 cm³/mol. The van der Waals surface area contributed by atoms with E-state index in [1.807, 2.05) is 0 Å². The van der Waals surface area contributed by atoms with Gasteiger partial charge in [0.25, 0.3) is 5.69 Å². The van der Waals surface area contributed by atoms with Gasteiger partial charge in [0.1, 0.15) is 6.56 Å². The fraction of sp³-hybridized carbons (Fsp3) is 0.308. The lowest BCUT2D eigenvalue weighted by atomic mass is 9.80. The molecule has 0 spiro atoms. The number of non-ortho nitro benzene ring substituents is 1. The van der Waals surface area contributed by atoms with Crippen LogP contribution in [0.15, 0.2) is 77.1 Å². The maximum absolute atomic E-state index is 13.6. The Morgan fingerprint density at radius 3 is 2.37 bits per heavy atom. The molecule has 184 valence electrons. The Hall–Kier alpha value is -3.98. The second kappa shape index (κ2) is 11.4.